The number of carboxylic acid groups (broad SMARTS) is 1. The van der Waals surface area contributed by atoms with Crippen molar-refractivity contribution in [3.63, 3.8) is 0 Å². The van der Waals surface area contributed by atoms with Gasteiger partial charge in [-0.3, -0.25) is 0 Å². The fourth-order valence-corrected chi connectivity index (χ4v) is 2.61. The van der Waals surface area contributed by atoms with Crippen LogP contribution >= 0.6 is 11.3 Å². The van der Waals surface area contributed by atoms with Gasteiger partial charge in [0.1, 0.15) is 0 Å². The Balaban J connectivity index is 2.14. The SMILES string of the molecule is CCCCCCCCc1cc(C(=O)O)cs1. The summed E-state index contributed by atoms with van der Waals surface area (Å²) in [6, 6.07) is 1.80. The lowest BCUT2D eigenvalue weighted by molar-refractivity contribution is 0.0697. The molecule has 0 saturated heterocycles. The number of hydrogen-bond acceptors (Lipinski definition) is 2. The van der Waals surface area contributed by atoms with E-state index < -0.39 is 5.97 Å². The molecule has 90 valence electrons. The van der Waals surface area contributed by atoms with Crippen molar-refractivity contribution < 1.29 is 9.90 Å². The lowest BCUT2D eigenvalue weighted by Crippen LogP contribution is -1.92. The molecule has 1 N–H and O–H groups in total. The minimum Gasteiger partial charge on any atom is -0.478 e. The lowest BCUT2D eigenvalue weighted by atomic mass is 10.1. The quantitative estimate of drug-likeness (QED) is 0.686. The molecule has 0 aliphatic rings. The molecule has 0 bridgehead atoms. The van der Waals surface area contributed by atoms with E-state index in [2.05, 4.69) is 6.92 Å². The average molecular weight is 240 g/mol. The third-order valence-corrected chi connectivity index (χ3v) is 3.67. The zero-order valence-electron chi connectivity index (χ0n) is 9.87. The maximum atomic E-state index is 10.7. The lowest BCUT2D eigenvalue weighted by Gasteiger charge is -1.98. The van der Waals surface area contributed by atoms with Gasteiger partial charge in [0.05, 0.1) is 5.56 Å². The van der Waals surface area contributed by atoms with Gasteiger partial charge in [0.25, 0.3) is 0 Å². The summed E-state index contributed by atoms with van der Waals surface area (Å²) in [6.07, 6.45) is 8.75. The number of unbranched alkanes of at least 4 members (excludes halogenated alkanes) is 5. The summed E-state index contributed by atoms with van der Waals surface area (Å²) in [5.41, 5.74) is 0.436. The van der Waals surface area contributed by atoms with E-state index in [1.54, 1.807) is 22.8 Å². The van der Waals surface area contributed by atoms with Gasteiger partial charge in [-0.15, -0.1) is 11.3 Å². The molecule has 1 rings (SSSR count). The second kappa shape index (κ2) is 7.44. The smallest absolute Gasteiger partial charge is 0.336 e. The highest BCUT2D eigenvalue weighted by Gasteiger charge is 2.05. The first-order chi connectivity index (χ1) is 7.74. The number of carbonyl (C=O) groups is 1. The van der Waals surface area contributed by atoms with Gasteiger partial charge in [-0.1, -0.05) is 39.0 Å². The van der Waals surface area contributed by atoms with Gasteiger partial charge in [-0.25, -0.2) is 4.79 Å². The second-order valence-electron chi connectivity index (χ2n) is 4.12. The third kappa shape index (κ3) is 4.79. The van der Waals surface area contributed by atoms with Crippen LogP contribution in [0.4, 0.5) is 0 Å². The Morgan fingerprint density at radius 1 is 1.25 bits per heavy atom. The summed E-state index contributed by atoms with van der Waals surface area (Å²) in [5.74, 6) is -0.814. The summed E-state index contributed by atoms with van der Waals surface area (Å²) in [6.45, 7) is 2.22. The Hall–Kier alpha value is -0.830. The van der Waals surface area contributed by atoms with E-state index in [1.807, 2.05) is 0 Å². The molecule has 0 saturated carbocycles. The zero-order valence-corrected chi connectivity index (χ0v) is 10.7. The van der Waals surface area contributed by atoms with Crippen LogP contribution in [0.1, 0.15) is 60.7 Å². The van der Waals surface area contributed by atoms with Crippen molar-refractivity contribution in [1.29, 1.82) is 0 Å². The van der Waals surface area contributed by atoms with Crippen LogP contribution in [0.3, 0.4) is 0 Å². The summed E-state index contributed by atoms with van der Waals surface area (Å²) in [5, 5.41) is 10.5. The Bertz CT molecular complexity index is 317. The van der Waals surface area contributed by atoms with Crippen LogP contribution in [0.5, 0.6) is 0 Å². The molecule has 3 heteroatoms. The summed E-state index contributed by atoms with van der Waals surface area (Å²) in [7, 11) is 0. The first-order valence-corrected chi connectivity index (χ1v) is 6.92. The van der Waals surface area contributed by atoms with E-state index >= 15 is 0 Å². The maximum Gasteiger partial charge on any atom is 0.336 e. The van der Waals surface area contributed by atoms with Crippen LogP contribution in [-0.4, -0.2) is 11.1 Å². The van der Waals surface area contributed by atoms with Crippen molar-refractivity contribution in [2.45, 2.75) is 51.9 Å². The second-order valence-corrected chi connectivity index (χ2v) is 5.12. The van der Waals surface area contributed by atoms with Gasteiger partial charge in [0, 0.05) is 10.3 Å². The fraction of sp³-hybridized carbons (Fsp3) is 0.615. The molecule has 1 aromatic heterocycles. The zero-order chi connectivity index (χ0) is 11.8. The molecule has 1 aromatic rings. The molecule has 1 heterocycles. The molecule has 0 amide bonds. The molecule has 0 atom stereocenters. The Morgan fingerprint density at radius 3 is 2.56 bits per heavy atom. The van der Waals surface area contributed by atoms with Gasteiger partial charge in [-0.05, 0) is 18.9 Å². The van der Waals surface area contributed by atoms with Crippen molar-refractivity contribution >= 4 is 17.3 Å². The van der Waals surface area contributed by atoms with Gasteiger partial charge in [0.15, 0.2) is 0 Å². The highest BCUT2D eigenvalue weighted by Crippen LogP contribution is 2.18. The van der Waals surface area contributed by atoms with Crippen LogP contribution in [0, 0.1) is 0 Å². The van der Waals surface area contributed by atoms with Crippen LogP contribution in [-0.2, 0) is 6.42 Å². The number of rotatable bonds is 8. The number of hydrogen-bond donors (Lipinski definition) is 1. The highest BCUT2D eigenvalue weighted by molar-refractivity contribution is 7.10. The van der Waals surface area contributed by atoms with Gasteiger partial charge in [-0.2, -0.15) is 0 Å². The normalized spacial score (nSPS) is 10.6. The first kappa shape index (κ1) is 13.2. The Labute approximate surface area is 101 Å². The number of aromatic carboxylic acids is 1. The number of aryl methyl sites for hydroxylation is 1. The van der Waals surface area contributed by atoms with E-state index in [0.29, 0.717) is 5.56 Å². The van der Waals surface area contributed by atoms with E-state index in [1.165, 1.54) is 43.4 Å². The standard InChI is InChI=1S/C13H20O2S/c1-2-3-4-5-6-7-8-12-9-11(10-16-12)13(14)15/h9-10H,2-8H2,1H3,(H,14,15). The Morgan fingerprint density at radius 2 is 1.94 bits per heavy atom. The third-order valence-electron chi connectivity index (χ3n) is 2.68. The molecule has 0 unspecified atom stereocenters. The van der Waals surface area contributed by atoms with Crippen molar-refractivity contribution in [1.82, 2.24) is 0 Å². The Kier molecular flexibility index (Phi) is 6.16. The molecule has 0 aliphatic heterocycles. The van der Waals surface area contributed by atoms with Crippen LogP contribution < -0.4 is 0 Å². The summed E-state index contributed by atoms with van der Waals surface area (Å²) >= 11 is 1.57. The molecule has 0 aromatic carbocycles. The van der Waals surface area contributed by atoms with E-state index in [4.69, 9.17) is 5.11 Å². The van der Waals surface area contributed by atoms with Crippen molar-refractivity contribution in [2.24, 2.45) is 0 Å². The summed E-state index contributed by atoms with van der Waals surface area (Å²) in [4.78, 5) is 11.9. The molecular weight excluding hydrogens is 220 g/mol. The van der Waals surface area contributed by atoms with Gasteiger partial charge < -0.3 is 5.11 Å². The van der Waals surface area contributed by atoms with Crippen molar-refractivity contribution in [3.8, 4) is 0 Å². The topological polar surface area (TPSA) is 37.3 Å². The molecule has 16 heavy (non-hydrogen) atoms. The maximum absolute atomic E-state index is 10.7. The predicted molar refractivity (Wildman–Crippen MR) is 68.4 cm³/mol. The van der Waals surface area contributed by atoms with Crippen LogP contribution in [0.25, 0.3) is 0 Å². The molecule has 0 fully saturated rings. The predicted octanol–water partition coefficient (Wildman–Crippen LogP) is 4.35. The monoisotopic (exact) mass is 240 g/mol. The molecule has 2 nitrogen and oxygen atoms in total. The first-order valence-electron chi connectivity index (χ1n) is 6.04. The van der Waals surface area contributed by atoms with E-state index in [0.717, 1.165) is 6.42 Å². The van der Waals surface area contributed by atoms with Crippen LogP contribution in [0.15, 0.2) is 11.4 Å². The van der Waals surface area contributed by atoms with Gasteiger partial charge in [0.2, 0.25) is 0 Å². The average Bonchev–Trinajstić information content (AvgIpc) is 2.72. The molecule has 0 aliphatic carbocycles. The minimum atomic E-state index is -0.814. The molecule has 0 spiro atoms. The summed E-state index contributed by atoms with van der Waals surface area (Å²) < 4.78 is 0. The molecular formula is C13H20O2S. The number of carboxylic acids is 1. The van der Waals surface area contributed by atoms with Crippen molar-refractivity contribution in [2.75, 3.05) is 0 Å². The largest absolute Gasteiger partial charge is 0.478 e. The number of thiophene rings is 1. The van der Waals surface area contributed by atoms with Crippen molar-refractivity contribution in [3.05, 3.63) is 21.9 Å². The fourth-order valence-electron chi connectivity index (χ4n) is 1.70. The highest BCUT2D eigenvalue weighted by atomic mass is 32.1. The van der Waals surface area contributed by atoms with E-state index in [9.17, 15) is 4.79 Å². The van der Waals surface area contributed by atoms with E-state index in [-0.39, 0.29) is 0 Å². The molecule has 0 radical (unpaired) electrons. The minimum absolute atomic E-state index is 0.436. The van der Waals surface area contributed by atoms with Gasteiger partial charge >= 0.3 is 5.97 Å². The van der Waals surface area contributed by atoms with Crippen LogP contribution in [0.2, 0.25) is 0 Å².